The standard InChI is InChI=1S/C30H31N5O4S/c1-17-18(2)40-30-27(17)28(32-24(16-26(37)39-5)29-34-33-19(3)35(29)30)21-9-11-22(12-10-21)31-25(36)15-8-20-6-13-23(38-4)14-7-20/h6-7,9-14,24H,8,15-16H2,1-5H3,(H,31,36)/t24-/m0/s1. The number of methoxy groups -OCH3 is 2. The minimum atomic E-state index is -0.555. The lowest BCUT2D eigenvalue weighted by molar-refractivity contribution is -0.141. The lowest BCUT2D eigenvalue weighted by Gasteiger charge is -2.12. The maximum Gasteiger partial charge on any atom is 0.308 e. The van der Waals surface area contributed by atoms with E-state index in [1.54, 1.807) is 18.4 Å². The number of anilines is 1. The zero-order valence-electron chi connectivity index (χ0n) is 23.1. The number of aliphatic imine (C=N–C) groups is 1. The number of rotatable bonds is 8. The lowest BCUT2D eigenvalue weighted by atomic mass is 9.99. The van der Waals surface area contributed by atoms with Crippen LogP contribution in [0, 0.1) is 20.8 Å². The number of hydrogen-bond acceptors (Lipinski definition) is 8. The summed E-state index contributed by atoms with van der Waals surface area (Å²) in [5, 5.41) is 12.7. The second kappa shape index (κ2) is 11.4. The maximum atomic E-state index is 12.6. The Hall–Kier alpha value is -4.31. The summed E-state index contributed by atoms with van der Waals surface area (Å²) in [6.45, 7) is 6.07. The highest BCUT2D eigenvalue weighted by Gasteiger charge is 2.32. The van der Waals surface area contributed by atoms with Gasteiger partial charge in [0.05, 0.1) is 26.4 Å². The van der Waals surface area contributed by atoms with Crippen molar-refractivity contribution in [3.63, 3.8) is 0 Å². The summed E-state index contributed by atoms with van der Waals surface area (Å²) in [7, 11) is 3.00. The van der Waals surface area contributed by atoms with E-state index in [1.165, 1.54) is 12.0 Å². The van der Waals surface area contributed by atoms with E-state index in [9.17, 15) is 9.59 Å². The largest absolute Gasteiger partial charge is 0.497 e. The van der Waals surface area contributed by atoms with E-state index < -0.39 is 6.04 Å². The van der Waals surface area contributed by atoms with E-state index in [1.807, 2.05) is 60.0 Å². The number of esters is 1. The molecule has 0 spiro atoms. The molecule has 3 heterocycles. The molecule has 206 valence electrons. The molecule has 0 saturated heterocycles. The number of aromatic nitrogens is 3. The van der Waals surface area contributed by atoms with E-state index in [0.29, 0.717) is 24.4 Å². The number of thiophene rings is 1. The Morgan fingerprint density at radius 2 is 1.73 bits per heavy atom. The first-order valence-corrected chi connectivity index (χ1v) is 13.8. The van der Waals surface area contributed by atoms with E-state index >= 15 is 0 Å². The molecule has 0 fully saturated rings. The monoisotopic (exact) mass is 557 g/mol. The topological polar surface area (TPSA) is 108 Å². The molecule has 5 rings (SSSR count). The third-order valence-corrected chi connectivity index (χ3v) is 8.26. The Morgan fingerprint density at radius 3 is 2.40 bits per heavy atom. The summed E-state index contributed by atoms with van der Waals surface area (Å²) in [6, 6.07) is 14.8. The summed E-state index contributed by atoms with van der Waals surface area (Å²) in [6.07, 6.45) is 1.05. The Kier molecular flexibility index (Phi) is 7.79. The highest BCUT2D eigenvalue weighted by atomic mass is 32.1. The Balaban J connectivity index is 1.41. The molecule has 1 atom stereocenters. The van der Waals surface area contributed by atoms with Crippen molar-refractivity contribution in [2.75, 3.05) is 19.5 Å². The molecule has 1 N–H and O–H groups in total. The van der Waals surface area contributed by atoms with E-state index in [2.05, 4.69) is 29.4 Å². The minimum Gasteiger partial charge on any atom is -0.497 e. The van der Waals surface area contributed by atoms with E-state index in [-0.39, 0.29) is 18.3 Å². The normalized spacial score (nSPS) is 14.0. The quantitative estimate of drug-likeness (QED) is 0.295. The zero-order chi connectivity index (χ0) is 28.4. The minimum absolute atomic E-state index is 0.0490. The molecule has 1 aliphatic rings. The highest BCUT2D eigenvalue weighted by molar-refractivity contribution is 7.15. The number of carbonyl (C=O) groups excluding carboxylic acids is 2. The molecular weight excluding hydrogens is 526 g/mol. The molecule has 1 amide bonds. The zero-order valence-corrected chi connectivity index (χ0v) is 24.0. The molecular formula is C30H31N5O4S. The SMILES string of the molecule is COC(=O)C[C@@H]1N=C(c2ccc(NC(=O)CCc3ccc(OC)cc3)cc2)c2c(sc(C)c2C)-n2c(C)nnc21. The molecule has 0 unspecified atom stereocenters. The predicted molar refractivity (Wildman–Crippen MR) is 155 cm³/mol. The van der Waals surface area contributed by atoms with Gasteiger partial charge in [-0.3, -0.25) is 19.1 Å². The molecule has 9 nitrogen and oxygen atoms in total. The number of aryl methyl sites for hydroxylation is 3. The molecule has 0 radical (unpaired) electrons. The van der Waals surface area contributed by atoms with Crippen molar-refractivity contribution in [2.45, 2.75) is 46.1 Å². The number of nitrogens with one attached hydrogen (secondary N) is 1. The number of fused-ring (bicyclic) bond motifs is 3. The highest BCUT2D eigenvalue weighted by Crippen LogP contribution is 2.39. The van der Waals surface area contributed by atoms with Gasteiger partial charge in [-0.15, -0.1) is 21.5 Å². The first-order chi connectivity index (χ1) is 19.3. The van der Waals surface area contributed by atoms with Crippen LogP contribution in [0.4, 0.5) is 5.69 Å². The predicted octanol–water partition coefficient (Wildman–Crippen LogP) is 5.29. The van der Waals surface area contributed by atoms with Crippen molar-refractivity contribution >= 4 is 34.6 Å². The van der Waals surface area contributed by atoms with E-state index in [0.717, 1.165) is 44.5 Å². The van der Waals surface area contributed by atoms with E-state index in [4.69, 9.17) is 14.5 Å². The van der Waals surface area contributed by atoms with Gasteiger partial charge in [0.2, 0.25) is 5.91 Å². The van der Waals surface area contributed by atoms with Gasteiger partial charge < -0.3 is 14.8 Å². The van der Waals surface area contributed by atoms with Crippen molar-refractivity contribution in [1.29, 1.82) is 0 Å². The summed E-state index contributed by atoms with van der Waals surface area (Å²) < 4.78 is 12.2. The van der Waals surface area contributed by atoms with Gasteiger partial charge in [-0.25, -0.2) is 0 Å². The fourth-order valence-corrected chi connectivity index (χ4v) is 5.96. The molecule has 4 aromatic rings. The van der Waals surface area contributed by atoms with Crippen LogP contribution < -0.4 is 10.1 Å². The molecule has 10 heteroatoms. The Bertz CT molecular complexity index is 1590. The van der Waals surface area contributed by atoms with Gasteiger partial charge in [-0.2, -0.15) is 0 Å². The van der Waals surface area contributed by atoms with Crippen LogP contribution in [-0.4, -0.2) is 46.6 Å². The number of benzene rings is 2. The molecule has 2 aromatic carbocycles. The first-order valence-electron chi connectivity index (χ1n) is 13.0. The third kappa shape index (κ3) is 5.40. The molecule has 40 heavy (non-hydrogen) atoms. The van der Waals surface area contributed by atoms with Crippen LogP contribution in [0.1, 0.15) is 57.7 Å². The Morgan fingerprint density at radius 1 is 1.00 bits per heavy atom. The average Bonchev–Trinajstić information content (AvgIpc) is 3.44. The molecule has 1 aliphatic heterocycles. The van der Waals surface area contributed by atoms with Gasteiger partial charge in [-0.1, -0.05) is 24.3 Å². The first kappa shape index (κ1) is 27.3. The van der Waals surface area contributed by atoms with Crippen LogP contribution in [0.2, 0.25) is 0 Å². The average molecular weight is 558 g/mol. The summed E-state index contributed by atoms with van der Waals surface area (Å²) in [5.74, 6) is 1.71. The molecule has 0 aliphatic carbocycles. The van der Waals surface area contributed by atoms with Gasteiger partial charge in [0.25, 0.3) is 0 Å². The number of ether oxygens (including phenoxy) is 2. The van der Waals surface area contributed by atoms with Crippen LogP contribution >= 0.6 is 11.3 Å². The van der Waals surface area contributed by atoms with Gasteiger partial charge >= 0.3 is 5.97 Å². The lowest BCUT2D eigenvalue weighted by Crippen LogP contribution is -2.13. The number of nitrogens with zero attached hydrogens (tertiary/aromatic N) is 4. The summed E-state index contributed by atoms with van der Waals surface area (Å²) in [5.41, 5.74) is 5.54. The van der Waals surface area contributed by atoms with Crippen molar-refractivity contribution in [2.24, 2.45) is 4.99 Å². The summed E-state index contributed by atoms with van der Waals surface area (Å²) >= 11 is 1.66. The van der Waals surface area contributed by atoms with Crippen molar-refractivity contribution in [3.8, 4) is 10.8 Å². The van der Waals surface area contributed by atoms with Gasteiger partial charge in [-0.05, 0) is 62.6 Å². The van der Waals surface area contributed by atoms with Crippen molar-refractivity contribution in [1.82, 2.24) is 14.8 Å². The Labute approximate surface area is 236 Å². The fraction of sp³-hybridized carbons (Fsp3) is 0.300. The molecule has 2 aromatic heterocycles. The third-order valence-electron chi connectivity index (χ3n) is 7.07. The van der Waals surface area contributed by atoms with Crippen LogP contribution in [0.5, 0.6) is 5.75 Å². The number of amides is 1. The van der Waals surface area contributed by atoms with Crippen LogP contribution in [-0.2, 0) is 20.7 Å². The maximum absolute atomic E-state index is 12.6. The summed E-state index contributed by atoms with van der Waals surface area (Å²) in [4.78, 5) is 31.2. The van der Waals surface area contributed by atoms with Crippen molar-refractivity contribution in [3.05, 3.63) is 87.3 Å². The van der Waals surface area contributed by atoms with Gasteiger partial charge in [0.15, 0.2) is 5.82 Å². The second-order valence-corrected chi connectivity index (χ2v) is 10.9. The van der Waals surface area contributed by atoms with Crippen LogP contribution in [0.15, 0.2) is 53.5 Å². The smallest absolute Gasteiger partial charge is 0.308 e. The van der Waals surface area contributed by atoms with Gasteiger partial charge in [0, 0.05) is 28.1 Å². The number of hydrogen-bond donors (Lipinski definition) is 1. The molecule has 0 saturated carbocycles. The van der Waals surface area contributed by atoms with Crippen molar-refractivity contribution < 1.29 is 19.1 Å². The second-order valence-electron chi connectivity index (χ2n) is 9.65. The van der Waals surface area contributed by atoms with Gasteiger partial charge in [0.1, 0.15) is 22.6 Å². The molecule has 0 bridgehead atoms. The van der Waals surface area contributed by atoms with Crippen LogP contribution in [0.3, 0.4) is 0 Å². The van der Waals surface area contributed by atoms with Crippen LogP contribution in [0.25, 0.3) is 5.00 Å². The number of carbonyl (C=O) groups is 2. The fourth-order valence-electron chi connectivity index (χ4n) is 4.75.